The number of hydrogen-bond donors (Lipinski definition) is 1. The minimum absolute atomic E-state index is 0.0951. The van der Waals surface area contributed by atoms with Crippen LogP contribution in [0.25, 0.3) is 0 Å². The minimum Gasteiger partial charge on any atom is -0.344 e. The van der Waals surface area contributed by atoms with Gasteiger partial charge < -0.3 is 4.57 Å². The van der Waals surface area contributed by atoms with Gasteiger partial charge in [-0.05, 0) is 31.9 Å². The normalized spacial score (nSPS) is 14.8. The molecule has 2 aromatic rings. The second-order valence-electron chi connectivity index (χ2n) is 4.72. The Morgan fingerprint density at radius 3 is 2.89 bits per heavy atom. The number of hydrogen-bond acceptors (Lipinski definition) is 3. The van der Waals surface area contributed by atoms with Crippen molar-refractivity contribution in [2.45, 2.75) is 25.7 Å². The summed E-state index contributed by atoms with van der Waals surface area (Å²) >= 11 is 1.50. The molecule has 0 atom stereocenters. The van der Waals surface area contributed by atoms with Crippen LogP contribution in [0, 0.1) is 6.92 Å². The molecule has 5 heteroatoms. The van der Waals surface area contributed by atoms with E-state index >= 15 is 0 Å². The van der Waals surface area contributed by atoms with E-state index < -0.39 is 0 Å². The second kappa shape index (κ2) is 4.24. The van der Waals surface area contributed by atoms with Crippen LogP contribution in [0.4, 0.5) is 5.13 Å². The lowest BCUT2D eigenvalue weighted by Gasteiger charge is -2.04. The third-order valence-corrected chi connectivity index (χ3v) is 4.12. The highest BCUT2D eigenvalue weighted by molar-refractivity contribution is 7.14. The van der Waals surface area contributed by atoms with Crippen LogP contribution in [-0.4, -0.2) is 15.5 Å². The van der Waals surface area contributed by atoms with Gasteiger partial charge in [0.15, 0.2) is 5.13 Å². The summed E-state index contributed by atoms with van der Waals surface area (Å²) in [6, 6.07) is 3.77. The highest BCUT2D eigenvalue weighted by Crippen LogP contribution is 2.40. The van der Waals surface area contributed by atoms with Crippen LogP contribution in [0.2, 0.25) is 0 Å². The van der Waals surface area contributed by atoms with Crippen molar-refractivity contribution in [3.63, 3.8) is 0 Å². The number of aryl methyl sites for hydroxylation is 1. The molecule has 18 heavy (non-hydrogen) atoms. The SMILES string of the molecule is Cc1ccc(C(=O)Nc2nc(C3CC3)cs2)n1C. The van der Waals surface area contributed by atoms with E-state index in [0.717, 1.165) is 11.4 Å². The van der Waals surface area contributed by atoms with Crippen molar-refractivity contribution in [2.24, 2.45) is 7.05 Å². The molecule has 2 aromatic heterocycles. The number of thiazole rings is 1. The van der Waals surface area contributed by atoms with Crippen molar-refractivity contribution < 1.29 is 4.79 Å². The van der Waals surface area contributed by atoms with Crippen molar-refractivity contribution >= 4 is 22.4 Å². The lowest BCUT2D eigenvalue weighted by Crippen LogP contribution is -2.15. The number of anilines is 1. The number of nitrogens with zero attached hydrogens (tertiary/aromatic N) is 2. The zero-order chi connectivity index (χ0) is 12.7. The molecule has 0 unspecified atom stereocenters. The van der Waals surface area contributed by atoms with Gasteiger partial charge in [-0.25, -0.2) is 4.98 Å². The topological polar surface area (TPSA) is 46.9 Å². The van der Waals surface area contributed by atoms with Crippen molar-refractivity contribution in [1.29, 1.82) is 0 Å². The molecule has 0 aliphatic heterocycles. The first-order valence-electron chi connectivity index (χ1n) is 6.04. The maximum atomic E-state index is 12.1. The highest BCUT2D eigenvalue weighted by Gasteiger charge is 2.26. The fraction of sp³-hybridized carbons (Fsp3) is 0.385. The maximum absolute atomic E-state index is 12.1. The summed E-state index contributed by atoms with van der Waals surface area (Å²) in [4.78, 5) is 16.5. The van der Waals surface area contributed by atoms with Gasteiger partial charge in [0.1, 0.15) is 5.69 Å². The Bertz CT molecular complexity index is 595. The third-order valence-electron chi connectivity index (χ3n) is 3.34. The Labute approximate surface area is 110 Å². The van der Waals surface area contributed by atoms with Crippen LogP contribution in [0.3, 0.4) is 0 Å². The molecule has 0 spiro atoms. The molecular weight excluding hydrogens is 246 g/mol. The maximum Gasteiger partial charge on any atom is 0.274 e. The summed E-state index contributed by atoms with van der Waals surface area (Å²) < 4.78 is 1.88. The summed E-state index contributed by atoms with van der Waals surface area (Å²) in [6.07, 6.45) is 2.46. The van der Waals surface area contributed by atoms with Gasteiger partial charge in [0.05, 0.1) is 5.69 Å². The molecule has 1 N–H and O–H groups in total. The second-order valence-corrected chi connectivity index (χ2v) is 5.58. The summed E-state index contributed by atoms with van der Waals surface area (Å²) in [7, 11) is 1.89. The van der Waals surface area contributed by atoms with Gasteiger partial charge in [0, 0.05) is 24.0 Å². The number of carbonyl (C=O) groups is 1. The minimum atomic E-state index is -0.0951. The van der Waals surface area contributed by atoms with Crippen molar-refractivity contribution in [2.75, 3.05) is 5.32 Å². The van der Waals surface area contributed by atoms with Crippen LogP contribution in [-0.2, 0) is 7.05 Å². The Hall–Kier alpha value is -1.62. The van der Waals surface area contributed by atoms with Gasteiger partial charge in [-0.3, -0.25) is 10.1 Å². The lowest BCUT2D eigenvalue weighted by atomic mass is 10.3. The Morgan fingerprint density at radius 2 is 2.28 bits per heavy atom. The molecule has 0 aromatic carbocycles. The van der Waals surface area contributed by atoms with E-state index in [2.05, 4.69) is 10.3 Å². The lowest BCUT2D eigenvalue weighted by molar-refractivity contribution is 0.101. The fourth-order valence-corrected chi connectivity index (χ4v) is 2.70. The Kier molecular flexibility index (Phi) is 2.70. The molecular formula is C13H15N3OS. The molecule has 1 fully saturated rings. The number of amides is 1. The standard InChI is InChI=1S/C13H15N3OS/c1-8-3-6-11(16(8)2)12(17)15-13-14-10(7-18-13)9-4-5-9/h3,6-7,9H,4-5H2,1-2H3,(H,14,15,17). The number of rotatable bonds is 3. The van der Waals surface area contributed by atoms with Gasteiger partial charge in [0.2, 0.25) is 0 Å². The summed E-state index contributed by atoms with van der Waals surface area (Å²) in [6.45, 7) is 1.98. The van der Waals surface area contributed by atoms with E-state index in [4.69, 9.17) is 0 Å². The Morgan fingerprint density at radius 1 is 1.50 bits per heavy atom. The van der Waals surface area contributed by atoms with E-state index in [-0.39, 0.29) is 5.91 Å². The van der Waals surface area contributed by atoms with Crippen molar-refractivity contribution in [3.8, 4) is 0 Å². The average molecular weight is 261 g/mol. The van der Waals surface area contributed by atoms with Gasteiger partial charge in [-0.2, -0.15) is 0 Å². The zero-order valence-corrected chi connectivity index (χ0v) is 11.3. The molecule has 94 valence electrons. The largest absolute Gasteiger partial charge is 0.344 e. The predicted molar refractivity (Wildman–Crippen MR) is 72.2 cm³/mol. The smallest absolute Gasteiger partial charge is 0.274 e. The van der Waals surface area contributed by atoms with E-state index in [1.54, 1.807) is 0 Å². The number of aromatic nitrogens is 2. The van der Waals surface area contributed by atoms with E-state index in [0.29, 0.717) is 16.7 Å². The predicted octanol–water partition coefficient (Wildman–Crippen LogP) is 2.92. The van der Waals surface area contributed by atoms with Crippen LogP contribution in [0.15, 0.2) is 17.5 Å². The highest BCUT2D eigenvalue weighted by atomic mass is 32.1. The first kappa shape index (κ1) is 11.5. The molecule has 2 heterocycles. The summed E-state index contributed by atoms with van der Waals surface area (Å²) in [5, 5.41) is 5.60. The molecule has 1 amide bonds. The van der Waals surface area contributed by atoms with Gasteiger partial charge >= 0.3 is 0 Å². The quantitative estimate of drug-likeness (QED) is 0.923. The van der Waals surface area contributed by atoms with E-state index in [9.17, 15) is 4.79 Å². The number of carbonyl (C=O) groups excluding carboxylic acids is 1. The number of nitrogens with one attached hydrogen (secondary N) is 1. The van der Waals surface area contributed by atoms with Crippen LogP contribution < -0.4 is 5.32 Å². The van der Waals surface area contributed by atoms with Gasteiger partial charge in [0.25, 0.3) is 5.91 Å². The summed E-state index contributed by atoms with van der Waals surface area (Å²) in [5.41, 5.74) is 2.85. The molecule has 0 bridgehead atoms. The van der Waals surface area contributed by atoms with E-state index in [1.165, 1.54) is 24.2 Å². The average Bonchev–Trinajstić information content (AvgIpc) is 3.01. The first-order valence-corrected chi connectivity index (χ1v) is 6.92. The monoisotopic (exact) mass is 261 g/mol. The molecule has 4 nitrogen and oxygen atoms in total. The molecule has 0 saturated heterocycles. The van der Waals surface area contributed by atoms with E-state index in [1.807, 2.05) is 36.1 Å². The molecule has 0 radical (unpaired) electrons. The summed E-state index contributed by atoms with van der Waals surface area (Å²) in [5.74, 6) is 0.534. The molecule has 1 saturated carbocycles. The molecule has 1 aliphatic rings. The van der Waals surface area contributed by atoms with Crippen molar-refractivity contribution in [3.05, 3.63) is 34.6 Å². The molecule has 1 aliphatic carbocycles. The van der Waals surface area contributed by atoms with Crippen LogP contribution >= 0.6 is 11.3 Å². The van der Waals surface area contributed by atoms with Crippen LogP contribution in [0.1, 0.15) is 40.6 Å². The molecule has 3 rings (SSSR count). The fourth-order valence-electron chi connectivity index (χ4n) is 1.91. The Balaban J connectivity index is 1.75. The third kappa shape index (κ3) is 2.06. The first-order chi connectivity index (χ1) is 8.65. The van der Waals surface area contributed by atoms with Gasteiger partial charge in [-0.15, -0.1) is 11.3 Å². The van der Waals surface area contributed by atoms with Crippen LogP contribution in [0.5, 0.6) is 0 Å². The zero-order valence-electron chi connectivity index (χ0n) is 10.4. The van der Waals surface area contributed by atoms with Crippen molar-refractivity contribution in [1.82, 2.24) is 9.55 Å². The van der Waals surface area contributed by atoms with Gasteiger partial charge in [-0.1, -0.05) is 0 Å².